The molecule has 0 saturated heterocycles. The van der Waals surface area contributed by atoms with Crippen LogP contribution in [0.1, 0.15) is 40.0 Å². The molecule has 0 aliphatic heterocycles. The van der Waals surface area contributed by atoms with Gasteiger partial charge >= 0.3 is 0 Å². The fraction of sp³-hybridized carbons (Fsp3) is 0.625. The van der Waals surface area contributed by atoms with E-state index >= 15 is 0 Å². The predicted octanol–water partition coefficient (Wildman–Crippen LogP) is 1.76. The second-order valence-corrected chi connectivity index (χ2v) is 5.50. The van der Waals surface area contributed by atoms with E-state index in [1.165, 1.54) is 6.08 Å². The van der Waals surface area contributed by atoms with Crippen LogP contribution in [0.25, 0.3) is 0 Å². The number of amides is 1. The number of carbonyl (C=O) groups excluding carboxylic acids is 1. The van der Waals surface area contributed by atoms with Crippen molar-refractivity contribution in [3.05, 3.63) is 11.6 Å². The van der Waals surface area contributed by atoms with Gasteiger partial charge in [-0.2, -0.15) is 5.26 Å². The molecule has 1 aliphatic rings. The largest absolute Gasteiger partial charge is 0.376 e. The van der Waals surface area contributed by atoms with Gasteiger partial charge in [-0.05, 0) is 25.2 Å². The number of nitriles is 1. The maximum absolute atomic E-state index is 11.3. The Hall–Kier alpha value is -1.78. The Morgan fingerprint density at radius 3 is 2.50 bits per heavy atom. The summed E-state index contributed by atoms with van der Waals surface area (Å²) < 4.78 is 0. The zero-order valence-corrected chi connectivity index (χ0v) is 12.6. The smallest absolute Gasteiger partial charge is 0.244 e. The van der Waals surface area contributed by atoms with Gasteiger partial charge in [0.1, 0.15) is 5.60 Å². The van der Waals surface area contributed by atoms with Crippen molar-refractivity contribution in [2.75, 3.05) is 7.05 Å². The maximum Gasteiger partial charge on any atom is 0.244 e. The Bertz CT molecular complexity index is 513. The summed E-state index contributed by atoms with van der Waals surface area (Å²) in [6.45, 7) is 5.62. The molecule has 4 heteroatoms. The van der Waals surface area contributed by atoms with Crippen LogP contribution >= 0.6 is 0 Å². The second kappa shape index (κ2) is 6.11. The van der Waals surface area contributed by atoms with Gasteiger partial charge in [-0.1, -0.05) is 32.6 Å². The van der Waals surface area contributed by atoms with Crippen molar-refractivity contribution < 1.29 is 9.90 Å². The summed E-state index contributed by atoms with van der Waals surface area (Å²) in [5.74, 6) is 5.39. The molecule has 0 heterocycles. The van der Waals surface area contributed by atoms with Gasteiger partial charge in [0.25, 0.3) is 0 Å². The molecule has 1 fully saturated rings. The van der Waals surface area contributed by atoms with Crippen molar-refractivity contribution in [3.8, 4) is 17.9 Å². The number of likely N-dealkylation sites (N-methyl/N-ethyl adjacent to an activating group) is 1. The Balaban J connectivity index is 3.10. The molecule has 1 aliphatic carbocycles. The summed E-state index contributed by atoms with van der Waals surface area (Å²) in [6, 6.07) is 2.22. The number of allylic oxidation sites excluding steroid dienone is 1. The van der Waals surface area contributed by atoms with Crippen LogP contribution in [0.15, 0.2) is 11.6 Å². The van der Waals surface area contributed by atoms with Gasteiger partial charge in [0.15, 0.2) is 0 Å². The van der Waals surface area contributed by atoms with E-state index < -0.39 is 11.0 Å². The van der Waals surface area contributed by atoms with Crippen LogP contribution in [0.4, 0.5) is 0 Å². The maximum atomic E-state index is 11.3. The lowest BCUT2D eigenvalue weighted by atomic mass is 9.77. The molecule has 2 N–H and O–H groups in total. The van der Waals surface area contributed by atoms with E-state index in [2.05, 4.69) is 23.2 Å². The molecule has 4 nitrogen and oxygen atoms in total. The standard InChI is InChI=1S/C16H22N2O2/c1-5-13(10-14(19)18-4)6-7-16(20,12(2)3)15(11-17)8-9-15/h10,12,20H,5,8-9H2,1-4H3,(H,18,19)/b13-10-/t16-/m1/s1. The molecule has 0 radical (unpaired) electrons. The van der Waals surface area contributed by atoms with Gasteiger partial charge in [-0.25, -0.2) is 0 Å². The summed E-state index contributed by atoms with van der Waals surface area (Å²) >= 11 is 0. The van der Waals surface area contributed by atoms with E-state index in [-0.39, 0.29) is 11.8 Å². The molecule has 1 rings (SSSR count). The highest BCUT2D eigenvalue weighted by atomic mass is 16.3. The highest BCUT2D eigenvalue weighted by Crippen LogP contribution is 2.56. The van der Waals surface area contributed by atoms with Crippen molar-refractivity contribution in [1.82, 2.24) is 5.32 Å². The fourth-order valence-corrected chi connectivity index (χ4v) is 2.15. The van der Waals surface area contributed by atoms with Gasteiger partial charge in [-0.3, -0.25) is 4.79 Å². The zero-order valence-electron chi connectivity index (χ0n) is 12.6. The number of nitrogens with zero attached hydrogens (tertiary/aromatic N) is 1. The Morgan fingerprint density at radius 1 is 1.55 bits per heavy atom. The number of aliphatic hydroxyl groups is 1. The first-order valence-corrected chi connectivity index (χ1v) is 6.94. The van der Waals surface area contributed by atoms with Crippen molar-refractivity contribution in [1.29, 1.82) is 5.26 Å². The molecule has 0 bridgehead atoms. The SMILES string of the molecule is CC/C(C#C[C@@](O)(C(C)C)C1(C#N)CC1)=C/C(=O)NC. The van der Waals surface area contributed by atoms with E-state index in [0.29, 0.717) is 24.8 Å². The number of nitrogens with one attached hydrogen (secondary N) is 1. The van der Waals surface area contributed by atoms with Crippen molar-refractivity contribution in [2.24, 2.45) is 11.3 Å². The van der Waals surface area contributed by atoms with Gasteiger partial charge in [0.05, 0.1) is 11.5 Å². The first-order valence-electron chi connectivity index (χ1n) is 6.94. The van der Waals surface area contributed by atoms with Crippen LogP contribution in [-0.2, 0) is 4.79 Å². The summed E-state index contributed by atoms with van der Waals surface area (Å²) in [5, 5.41) is 22.6. The van der Waals surface area contributed by atoms with Crippen molar-refractivity contribution in [3.63, 3.8) is 0 Å². The normalized spacial score (nSPS) is 19.4. The van der Waals surface area contributed by atoms with Gasteiger partial charge < -0.3 is 10.4 Å². The average Bonchev–Trinajstić information content (AvgIpc) is 3.23. The lowest BCUT2D eigenvalue weighted by molar-refractivity contribution is -0.116. The fourth-order valence-electron chi connectivity index (χ4n) is 2.15. The first kappa shape index (κ1) is 16.3. The van der Waals surface area contributed by atoms with E-state index in [4.69, 9.17) is 0 Å². The average molecular weight is 274 g/mol. The minimum atomic E-state index is -1.32. The second-order valence-electron chi connectivity index (χ2n) is 5.50. The van der Waals surface area contributed by atoms with Crippen LogP contribution in [0.3, 0.4) is 0 Å². The van der Waals surface area contributed by atoms with E-state index in [9.17, 15) is 15.2 Å². The van der Waals surface area contributed by atoms with Crippen LogP contribution in [0, 0.1) is 34.5 Å². The topological polar surface area (TPSA) is 73.1 Å². The van der Waals surface area contributed by atoms with Crippen LogP contribution < -0.4 is 5.32 Å². The van der Waals surface area contributed by atoms with Crippen molar-refractivity contribution in [2.45, 2.75) is 45.6 Å². The molecule has 0 aromatic carbocycles. The Kier molecular flexibility index (Phi) is 4.98. The van der Waals surface area contributed by atoms with Gasteiger partial charge in [0, 0.05) is 18.7 Å². The molecule has 0 aromatic heterocycles. The van der Waals surface area contributed by atoms with E-state index in [1.54, 1.807) is 7.05 Å². The molecule has 20 heavy (non-hydrogen) atoms. The monoisotopic (exact) mass is 274 g/mol. The van der Waals surface area contributed by atoms with Crippen molar-refractivity contribution >= 4 is 5.91 Å². The lowest BCUT2D eigenvalue weighted by Crippen LogP contribution is -2.42. The predicted molar refractivity (Wildman–Crippen MR) is 77.3 cm³/mol. The molecule has 1 atom stereocenters. The summed E-state index contributed by atoms with van der Waals surface area (Å²) in [4.78, 5) is 11.3. The summed E-state index contributed by atoms with van der Waals surface area (Å²) in [7, 11) is 1.55. The van der Waals surface area contributed by atoms with Crippen LogP contribution in [0.5, 0.6) is 0 Å². The highest BCUT2D eigenvalue weighted by molar-refractivity contribution is 5.88. The summed E-state index contributed by atoms with van der Waals surface area (Å²) in [6.07, 6.45) is 3.38. The van der Waals surface area contributed by atoms with Gasteiger partial charge in [-0.15, -0.1) is 0 Å². The Labute approximate surface area is 120 Å². The van der Waals surface area contributed by atoms with Crippen LogP contribution in [0.2, 0.25) is 0 Å². The zero-order chi connectivity index (χ0) is 15.4. The van der Waals surface area contributed by atoms with E-state index in [1.807, 2.05) is 20.8 Å². The first-order chi connectivity index (χ1) is 9.35. The number of carbonyl (C=O) groups is 1. The molecular formula is C16H22N2O2. The van der Waals surface area contributed by atoms with Gasteiger partial charge in [0.2, 0.25) is 5.91 Å². The lowest BCUT2D eigenvalue weighted by Gasteiger charge is -2.31. The molecule has 0 aromatic rings. The quantitative estimate of drug-likeness (QED) is 0.606. The number of hydrogen-bond donors (Lipinski definition) is 2. The highest BCUT2D eigenvalue weighted by Gasteiger charge is 2.60. The minimum absolute atomic E-state index is 0.143. The molecule has 108 valence electrons. The molecule has 1 saturated carbocycles. The molecule has 0 spiro atoms. The minimum Gasteiger partial charge on any atom is -0.376 e. The molecule has 0 unspecified atom stereocenters. The van der Waals surface area contributed by atoms with Crippen LogP contribution in [-0.4, -0.2) is 23.7 Å². The number of rotatable bonds is 4. The third-order valence-corrected chi connectivity index (χ3v) is 3.88. The third-order valence-electron chi connectivity index (χ3n) is 3.88. The Morgan fingerprint density at radius 2 is 2.15 bits per heavy atom. The number of hydrogen-bond acceptors (Lipinski definition) is 3. The summed E-state index contributed by atoms with van der Waals surface area (Å²) in [5.41, 5.74) is -1.42. The molecule has 1 amide bonds. The third kappa shape index (κ3) is 3.03. The molecular weight excluding hydrogens is 252 g/mol. The van der Waals surface area contributed by atoms with E-state index in [0.717, 1.165) is 0 Å².